The molecule has 1 amide bonds. The molecule has 67 heavy (non-hydrogen) atoms. The zero-order valence-electron chi connectivity index (χ0n) is 34.7. The van der Waals surface area contributed by atoms with E-state index in [1.165, 1.54) is 18.2 Å². The standard InChI is InChI=1S/C42H32ClF9N10O4S/c1-17-8-27(54-18(2)53-17)20-4-5-23-28(12-20)56-39(62(40(23)64)30-7-6-26(43)33-35(30)61(16-41(48,49)50)58-38(33)59-67(3,65)66)29(11-19-9-21(44)13-22(45)10-19)55-31(63)15-60-36-32(34(57-60)37(46)47)24-14-25(24)42(36,51)52/h4-10,12-13,24-25,29,37H,11,14-16H2,1-3H3,(H,55,63)(H,58,59)/t24-,25+,29-/m0/s1. The Labute approximate surface area is 376 Å². The molecule has 0 spiro atoms. The van der Waals surface area contributed by atoms with E-state index < -0.39 is 129 Å². The topological polar surface area (TPSA) is 172 Å². The van der Waals surface area contributed by atoms with Crippen molar-refractivity contribution in [1.82, 2.24) is 44.4 Å². The van der Waals surface area contributed by atoms with Crippen molar-refractivity contribution in [2.45, 2.75) is 70.3 Å². The van der Waals surface area contributed by atoms with Crippen molar-refractivity contribution >= 4 is 55.2 Å². The molecule has 1 saturated carbocycles. The maximum Gasteiger partial charge on any atom is 0.408 e. The summed E-state index contributed by atoms with van der Waals surface area (Å²) in [5.41, 5.74) is -3.18. The number of nitrogens with zero attached hydrogens (tertiary/aromatic N) is 8. The summed E-state index contributed by atoms with van der Waals surface area (Å²) in [4.78, 5) is 42.8. The van der Waals surface area contributed by atoms with Gasteiger partial charge in [-0.1, -0.05) is 17.7 Å². The molecule has 0 radical (unpaired) electrons. The van der Waals surface area contributed by atoms with Gasteiger partial charge in [-0.25, -0.2) is 40.9 Å². The number of anilines is 1. The van der Waals surface area contributed by atoms with E-state index in [0.717, 1.165) is 28.8 Å². The lowest BCUT2D eigenvalue weighted by Gasteiger charge is -2.24. The van der Waals surface area contributed by atoms with Gasteiger partial charge in [-0.15, -0.1) is 0 Å². The fraction of sp³-hybridized carbons (Fsp3) is 0.310. The van der Waals surface area contributed by atoms with Gasteiger partial charge in [-0.3, -0.25) is 28.2 Å². The number of aryl methyl sites for hydroxylation is 2. The van der Waals surface area contributed by atoms with E-state index in [4.69, 9.17) is 16.6 Å². The molecule has 25 heteroatoms. The Balaban J connectivity index is 1.30. The first-order valence-electron chi connectivity index (χ1n) is 20.0. The molecule has 9 rings (SSSR count). The highest BCUT2D eigenvalue weighted by molar-refractivity contribution is 7.92. The zero-order valence-corrected chi connectivity index (χ0v) is 36.3. The van der Waals surface area contributed by atoms with Gasteiger partial charge >= 0.3 is 6.18 Å². The third-order valence-corrected chi connectivity index (χ3v) is 12.2. The van der Waals surface area contributed by atoms with Crippen molar-refractivity contribution in [2.75, 3.05) is 11.0 Å². The van der Waals surface area contributed by atoms with Crippen LogP contribution in [0.1, 0.15) is 64.7 Å². The zero-order chi connectivity index (χ0) is 48.2. The Morgan fingerprint density at radius 1 is 0.970 bits per heavy atom. The summed E-state index contributed by atoms with van der Waals surface area (Å²) in [6.45, 7) is 0.368. The van der Waals surface area contributed by atoms with Gasteiger partial charge in [0, 0.05) is 35.2 Å². The quantitative estimate of drug-likeness (QED) is 0.115. The third-order valence-electron chi connectivity index (χ3n) is 11.3. The molecule has 350 valence electrons. The molecular weight excluding hydrogens is 947 g/mol. The van der Waals surface area contributed by atoms with Crippen LogP contribution in [0, 0.1) is 31.4 Å². The van der Waals surface area contributed by atoms with Crippen LogP contribution in [0.5, 0.6) is 0 Å². The van der Waals surface area contributed by atoms with Crippen molar-refractivity contribution < 1.29 is 52.7 Å². The molecule has 0 bridgehead atoms. The van der Waals surface area contributed by atoms with Crippen molar-refractivity contribution in [3.63, 3.8) is 0 Å². The minimum absolute atomic E-state index is 0.0706. The highest BCUT2D eigenvalue weighted by Gasteiger charge is 2.67. The van der Waals surface area contributed by atoms with Crippen LogP contribution >= 0.6 is 11.6 Å². The van der Waals surface area contributed by atoms with Gasteiger partial charge in [0.2, 0.25) is 15.9 Å². The number of fused-ring (bicyclic) bond motifs is 5. The number of hydrogen-bond donors (Lipinski definition) is 2. The average Bonchev–Trinajstić information content (AvgIpc) is 3.73. The predicted octanol–water partition coefficient (Wildman–Crippen LogP) is 8.12. The Bertz CT molecular complexity index is 3350. The minimum Gasteiger partial charge on any atom is -0.344 e. The van der Waals surface area contributed by atoms with Crippen LogP contribution in [0.4, 0.5) is 45.3 Å². The second-order valence-electron chi connectivity index (χ2n) is 16.3. The number of aromatic nitrogens is 8. The summed E-state index contributed by atoms with van der Waals surface area (Å²) in [5, 5.41) is 9.17. The molecule has 2 N–H and O–H groups in total. The van der Waals surface area contributed by atoms with Crippen molar-refractivity contribution in [2.24, 2.45) is 5.92 Å². The second kappa shape index (κ2) is 16.1. The van der Waals surface area contributed by atoms with E-state index in [2.05, 4.69) is 25.5 Å². The predicted molar refractivity (Wildman–Crippen MR) is 224 cm³/mol. The number of amides is 1. The Morgan fingerprint density at radius 3 is 2.34 bits per heavy atom. The van der Waals surface area contributed by atoms with E-state index in [-0.39, 0.29) is 33.5 Å². The smallest absolute Gasteiger partial charge is 0.344 e. The van der Waals surface area contributed by atoms with Crippen LogP contribution in [0.3, 0.4) is 0 Å². The maximum atomic E-state index is 15.6. The summed E-state index contributed by atoms with van der Waals surface area (Å²) < 4.78 is 160. The van der Waals surface area contributed by atoms with Crippen molar-refractivity contribution in [3.05, 3.63) is 121 Å². The molecule has 2 aliphatic carbocycles. The van der Waals surface area contributed by atoms with Crippen LogP contribution < -0.4 is 15.6 Å². The first kappa shape index (κ1) is 45.6. The van der Waals surface area contributed by atoms with Crippen LogP contribution in [0.25, 0.3) is 38.8 Å². The van der Waals surface area contributed by atoms with Crippen LogP contribution in [-0.4, -0.2) is 65.8 Å². The van der Waals surface area contributed by atoms with Crippen molar-refractivity contribution in [3.8, 4) is 16.9 Å². The number of sulfonamides is 1. The summed E-state index contributed by atoms with van der Waals surface area (Å²) >= 11 is 6.53. The fourth-order valence-corrected chi connectivity index (χ4v) is 9.53. The van der Waals surface area contributed by atoms with Gasteiger partial charge in [-0.2, -0.15) is 32.1 Å². The van der Waals surface area contributed by atoms with Gasteiger partial charge in [0.15, 0.2) is 5.82 Å². The lowest BCUT2D eigenvalue weighted by molar-refractivity contribution is -0.141. The molecule has 2 aliphatic rings. The van der Waals surface area contributed by atoms with Crippen LogP contribution in [-0.2, 0) is 40.3 Å². The summed E-state index contributed by atoms with van der Waals surface area (Å²) in [6, 6.07) is 8.62. The first-order chi connectivity index (χ1) is 31.4. The van der Waals surface area contributed by atoms with E-state index in [0.29, 0.717) is 44.5 Å². The van der Waals surface area contributed by atoms with Gasteiger partial charge in [-0.05, 0) is 74.2 Å². The lowest BCUT2D eigenvalue weighted by atomic mass is 10.0. The SMILES string of the molecule is Cc1cc(-c2ccc3c(=O)n(-c4ccc(Cl)c5c(NS(C)(=O)=O)nn(CC(F)(F)F)c45)c([C@H](Cc4cc(F)cc(F)c4)NC(=O)Cn4nc(C(F)F)c5c4C(F)(F)[C@@H]4C[C@H]54)nc3c2)nc(C)n1. The summed E-state index contributed by atoms with van der Waals surface area (Å²) in [7, 11) is -4.24. The van der Waals surface area contributed by atoms with Gasteiger partial charge in [0.1, 0.15) is 47.8 Å². The van der Waals surface area contributed by atoms with E-state index >= 15 is 13.6 Å². The van der Waals surface area contributed by atoms with E-state index in [1.54, 1.807) is 19.9 Å². The molecule has 4 aromatic heterocycles. The molecule has 3 aromatic carbocycles. The number of alkyl halides is 7. The lowest BCUT2D eigenvalue weighted by Crippen LogP contribution is -2.38. The molecule has 3 atom stereocenters. The molecule has 4 heterocycles. The number of halogens is 10. The maximum absolute atomic E-state index is 15.6. The van der Waals surface area contributed by atoms with Crippen molar-refractivity contribution in [1.29, 1.82) is 0 Å². The number of nitrogens with one attached hydrogen (secondary N) is 2. The number of benzene rings is 3. The Morgan fingerprint density at radius 2 is 1.69 bits per heavy atom. The largest absolute Gasteiger partial charge is 0.408 e. The van der Waals surface area contributed by atoms with Gasteiger partial charge < -0.3 is 5.32 Å². The van der Waals surface area contributed by atoms with Gasteiger partial charge in [0.25, 0.3) is 17.9 Å². The number of carbonyl (C=O) groups excluding carboxylic acids is 1. The van der Waals surface area contributed by atoms with Gasteiger partial charge in [0.05, 0.1) is 50.5 Å². The molecule has 1 fully saturated rings. The normalized spacial score (nSPS) is 17.0. The number of rotatable bonds is 12. The minimum atomic E-state index is -5.02. The molecule has 0 unspecified atom stereocenters. The summed E-state index contributed by atoms with van der Waals surface area (Å²) in [6.07, 6.45) is -8.32. The van der Waals surface area contributed by atoms with Crippen LogP contribution in [0.15, 0.2) is 59.4 Å². The Hall–Kier alpha value is -6.56. The second-order valence-corrected chi connectivity index (χ2v) is 18.5. The monoisotopic (exact) mass is 978 g/mol. The fourth-order valence-electron chi connectivity index (χ4n) is 8.79. The highest BCUT2D eigenvalue weighted by atomic mass is 35.5. The molecule has 14 nitrogen and oxygen atoms in total. The number of carbonyl (C=O) groups is 1. The Kier molecular flexibility index (Phi) is 10.9. The van der Waals surface area contributed by atoms with E-state index in [9.17, 15) is 43.9 Å². The highest BCUT2D eigenvalue weighted by Crippen LogP contribution is 2.68. The molecule has 0 aliphatic heterocycles. The van der Waals surface area contributed by atoms with Crippen LogP contribution in [0.2, 0.25) is 5.02 Å². The third kappa shape index (κ3) is 8.55. The first-order valence-corrected chi connectivity index (χ1v) is 22.3. The average molecular weight is 979 g/mol. The molecule has 7 aromatic rings. The molecular formula is C42H32ClF9N10O4S. The summed E-state index contributed by atoms with van der Waals surface area (Å²) in [5.74, 6) is -10.0. The number of hydrogen-bond acceptors (Lipinski definition) is 9. The molecule has 0 saturated heterocycles. The van der Waals surface area contributed by atoms with E-state index in [1.807, 2.05) is 4.72 Å².